The number of rotatable bonds is 6. The second kappa shape index (κ2) is 9.08. The smallest absolute Gasteiger partial charge is 0.000473 e. The largest absolute Gasteiger partial charge is 0.165 e. The molecular weight excluding hydrogens is 243 g/mol. The van der Waals surface area contributed by atoms with Gasteiger partial charge in [-0.3, -0.25) is 0 Å². The predicted octanol–water partition coefficient (Wildman–Crippen LogP) is 3.34. The molecule has 0 heterocycles. The first kappa shape index (κ1) is 10.1. The SMILES string of the molecule is CSCCCCCCI. The number of unbranched alkanes of at least 4 members (excludes halogenated alkanes) is 3. The van der Waals surface area contributed by atoms with Gasteiger partial charge in [0, 0.05) is 0 Å². The van der Waals surface area contributed by atoms with Gasteiger partial charge in [-0.1, -0.05) is 35.4 Å². The van der Waals surface area contributed by atoms with Gasteiger partial charge in [-0.15, -0.1) is 0 Å². The first-order valence-electron chi connectivity index (χ1n) is 3.46. The van der Waals surface area contributed by atoms with Gasteiger partial charge in [-0.2, -0.15) is 11.8 Å². The van der Waals surface area contributed by atoms with E-state index in [9.17, 15) is 0 Å². The second-order valence-electron chi connectivity index (χ2n) is 2.10. The quantitative estimate of drug-likeness (QED) is 0.400. The van der Waals surface area contributed by atoms with E-state index < -0.39 is 0 Å². The van der Waals surface area contributed by atoms with Gasteiger partial charge in [-0.05, 0) is 29.3 Å². The Morgan fingerprint density at radius 3 is 2.33 bits per heavy atom. The molecule has 0 bridgehead atoms. The zero-order valence-corrected chi connectivity index (χ0v) is 9.00. The van der Waals surface area contributed by atoms with Gasteiger partial charge in [0.15, 0.2) is 0 Å². The van der Waals surface area contributed by atoms with E-state index in [4.69, 9.17) is 0 Å². The summed E-state index contributed by atoms with van der Waals surface area (Å²) in [4.78, 5) is 0. The summed E-state index contributed by atoms with van der Waals surface area (Å²) in [7, 11) is 0. The van der Waals surface area contributed by atoms with Crippen molar-refractivity contribution in [3.8, 4) is 0 Å². The summed E-state index contributed by atoms with van der Waals surface area (Å²) in [5.74, 6) is 1.35. The lowest BCUT2D eigenvalue weighted by Gasteiger charge is -1.95. The van der Waals surface area contributed by atoms with Crippen molar-refractivity contribution in [1.29, 1.82) is 0 Å². The molecule has 0 N–H and O–H groups in total. The van der Waals surface area contributed by atoms with E-state index in [1.165, 1.54) is 35.9 Å². The number of hydrogen-bond donors (Lipinski definition) is 0. The Balaban J connectivity index is 2.60. The summed E-state index contributed by atoms with van der Waals surface area (Å²) in [6, 6.07) is 0. The van der Waals surface area contributed by atoms with Gasteiger partial charge in [0.1, 0.15) is 0 Å². The van der Waals surface area contributed by atoms with Crippen LogP contribution in [0.5, 0.6) is 0 Å². The minimum absolute atomic E-state index is 1.33. The van der Waals surface area contributed by atoms with Crippen molar-refractivity contribution in [1.82, 2.24) is 0 Å². The van der Waals surface area contributed by atoms with Crippen molar-refractivity contribution >= 4 is 34.4 Å². The molecule has 0 amide bonds. The van der Waals surface area contributed by atoms with E-state index in [0.29, 0.717) is 0 Å². The van der Waals surface area contributed by atoms with Crippen LogP contribution in [0.1, 0.15) is 25.7 Å². The predicted molar refractivity (Wildman–Crippen MR) is 55.7 cm³/mol. The van der Waals surface area contributed by atoms with E-state index in [2.05, 4.69) is 28.8 Å². The fourth-order valence-corrected chi connectivity index (χ4v) is 1.73. The third-order valence-electron chi connectivity index (χ3n) is 1.23. The van der Waals surface area contributed by atoms with Crippen molar-refractivity contribution in [3.63, 3.8) is 0 Å². The lowest BCUT2D eigenvalue weighted by Crippen LogP contribution is -1.80. The molecule has 0 nitrogen and oxygen atoms in total. The number of thioether (sulfide) groups is 1. The minimum atomic E-state index is 1.33. The van der Waals surface area contributed by atoms with Crippen molar-refractivity contribution < 1.29 is 0 Å². The highest BCUT2D eigenvalue weighted by Gasteiger charge is 1.86. The summed E-state index contributed by atoms with van der Waals surface area (Å²) in [6.45, 7) is 0. The zero-order chi connectivity index (χ0) is 6.95. The fourth-order valence-electron chi connectivity index (χ4n) is 0.694. The standard InChI is InChI=1S/C7H15IS/c1-9-7-5-3-2-4-6-8/h2-7H2,1H3. The summed E-state index contributed by atoms with van der Waals surface area (Å²) < 4.78 is 1.33. The Morgan fingerprint density at radius 2 is 1.78 bits per heavy atom. The molecular formula is C7H15IS. The first-order valence-corrected chi connectivity index (χ1v) is 6.38. The summed E-state index contributed by atoms with van der Waals surface area (Å²) >= 11 is 4.40. The molecule has 0 unspecified atom stereocenters. The Bertz CT molecular complexity index is 42.2. The maximum atomic E-state index is 2.44. The van der Waals surface area contributed by atoms with Crippen LogP contribution in [0.15, 0.2) is 0 Å². The van der Waals surface area contributed by atoms with Gasteiger partial charge >= 0.3 is 0 Å². The van der Waals surface area contributed by atoms with Crippen LogP contribution in [0.4, 0.5) is 0 Å². The third-order valence-corrected chi connectivity index (χ3v) is 2.69. The Labute approximate surface area is 76.3 Å². The van der Waals surface area contributed by atoms with Crippen LogP contribution in [0.2, 0.25) is 0 Å². The van der Waals surface area contributed by atoms with Gasteiger partial charge in [0.25, 0.3) is 0 Å². The molecule has 0 radical (unpaired) electrons. The lowest BCUT2D eigenvalue weighted by molar-refractivity contribution is 0.715. The van der Waals surface area contributed by atoms with Crippen molar-refractivity contribution in [3.05, 3.63) is 0 Å². The van der Waals surface area contributed by atoms with Gasteiger partial charge in [0.05, 0.1) is 0 Å². The van der Waals surface area contributed by atoms with Crippen molar-refractivity contribution in [2.45, 2.75) is 25.7 Å². The second-order valence-corrected chi connectivity index (χ2v) is 4.16. The molecule has 9 heavy (non-hydrogen) atoms. The average Bonchev–Trinajstić information content (AvgIpc) is 1.89. The molecule has 0 aliphatic rings. The fraction of sp³-hybridized carbons (Fsp3) is 1.00. The highest BCUT2D eigenvalue weighted by molar-refractivity contribution is 14.1. The first-order chi connectivity index (χ1) is 4.41. The lowest BCUT2D eigenvalue weighted by atomic mass is 10.2. The summed E-state index contributed by atoms with van der Waals surface area (Å²) in [5, 5.41) is 0. The van der Waals surface area contributed by atoms with E-state index in [-0.39, 0.29) is 0 Å². The van der Waals surface area contributed by atoms with Gasteiger partial charge in [0.2, 0.25) is 0 Å². The Morgan fingerprint density at radius 1 is 1.11 bits per heavy atom. The van der Waals surface area contributed by atoms with Crippen LogP contribution in [-0.2, 0) is 0 Å². The van der Waals surface area contributed by atoms with Gasteiger partial charge < -0.3 is 0 Å². The molecule has 2 heteroatoms. The van der Waals surface area contributed by atoms with Crippen LogP contribution in [0.3, 0.4) is 0 Å². The van der Waals surface area contributed by atoms with Crippen molar-refractivity contribution in [2.75, 3.05) is 16.4 Å². The molecule has 0 spiro atoms. The number of alkyl halides is 1. The zero-order valence-electron chi connectivity index (χ0n) is 6.03. The highest BCUT2D eigenvalue weighted by atomic mass is 127. The van der Waals surface area contributed by atoms with E-state index in [1.807, 2.05) is 11.8 Å². The molecule has 0 aromatic carbocycles. The number of hydrogen-bond acceptors (Lipinski definition) is 1. The van der Waals surface area contributed by atoms with E-state index in [1.54, 1.807) is 0 Å². The van der Waals surface area contributed by atoms with E-state index in [0.717, 1.165) is 0 Å². The molecule has 0 fully saturated rings. The Hall–Kier alpha value is 1.08. The maximum Gasteiger partial charge on any atom is -0.000473 e. The summed E-state index contributed by atoms with van der Waals surface area (Å²) in [6.07, 6.45) is 7.87. The average molecular weight is 258 g/mol. The molecule has 0 rings (SSSR count). The molecule has 0 aromatic heterocycles. The third kappa shape index (κ3) is 9.08. The monoisotopic (exact) mass is 258 g/mol. The van der Waals surface area contributed by atoms with Crippen LogP contribution in [0.25, 0.3) is 0 Å². The topological polar surface area (TPSA) is 0 Å². The Kier molecular flexibility index (Phi) is 10.2. The minimum Gasteiger partial charge on any atom is -0.165 e. The molecule has 56 valence electrons. The normalized spacial score (nSPS) is 10.0. The molecule has 0 aliphatic carbocycles. The molecule has 0 atom stereocenters. The van der Waals surface area contributed by atoms with Crippen LogP contribution >= 0.6 is 34.4 Å². The molecule has 0 saturated carbocycles. The molecule has 0 saturated heterocycles. The van der Waals surface area contributed by atoms with E-state index >= 15 is 0 Å². The summed E-state index contributed by atoms with van der Waals surface area (Å²) in [5.41, 5.74) is 0. The number of halogens is 1. The van der Waals surface area contributed by atoms with Crippen molar-refractivity contribution in [2.24, 2.45) is 0 Å². The highest BCUT2D eigenvalue weighted by Crippen LogP contribution is 2.05. The maximum absolute atomic E-state index is 2.44. The van der Waals surface area contributed by atoms with Crippen LogP contribution < -0.4 is 0 Å². The van der Waals surface area contributed by atoms with Crippen LogP contribution in [-0.4, -0.2) is 16.4 Å². The molecule has 0 aliphatic heterocycles. The molecule has 0 aromatic rings. The van der Waals surface area contributed by atoms with Gasteiger partial charge in [-0.25, -0.2) is 0 Å². The van der Waals surface area contributed by atoms with Crippen LogP contribution in [0, 0.1) is 0 Å².